The Morgan fingerprint density at radius 2 is 2.20 bits per heavy atom. The molecule has 3 aliphatic heterocycles. The van der Waals surface area contributed by atoms with Gasteiger partial charge in [-0.1, -0.05) is 24.6 Å². The third kappa shape index (κ3) is 2.36. The number of piperidine rings is 1. The summed E-state index contributed by atoms with van der Waals surface area (Å²) in [5, 5.41) is 10.5. The summed E-state index contributed by atoms with van der Waals surface area (Å²) in [7, 11) is 0. The van der Waals surface area contributed by atoms with E-state index in [1.54, 1.807) is 12.1 Å². The minimum atomic E-state index is -0.325. The molecule has 4 aliphatic rings. The molecular weight excluding hydrogens is 334 g/mol. The average molecular weight is 357 g/mol. The average Bonchev–Trinajstić information content (AvgIpc) is 3.10. The quantitative estimate of drug-likeness (QED) is 0.842. The molecule has 1 aromatic carbocycles. The first-order chi connectivity index (χ1) is 12.2. The van der Waals surface area contributed by atoms with Crippen molar-refractivity contribution in [3.05, 3.63) is 41.5 Å². The van der Waals surface area contributed by atoms with Crippen molar-refractivity contribution < 1.29 is 14.6 Å². The molecule has 0 radical (unpaired) electrons. The number of aromatic hydroxyl groups is 1. The van der Waals surface area contributed by atoms with Crippen LogP contribution in [0.5, 0.6) is 5.75 Å². The molecule has 5 rings (SSSR count). The van der Waals surface area contributed by atoms with Crippen LogP contribution >= 0.6 is 11.8 Å². The van der Waals surface area contributed by atoms with Crippen molar-refractivity contribution in [1.82, 2.24) is 4.90 Å². The highest BCUT2D eigenvalue weighted by Gasteiger charge is 2.63. The molecule has 4 atom stereocenters. The molecule has 1 saturated carbocycles. The maximum atomic E-state index is 12.0. The van der Waals surface area contributed by atoms with Gasteiger partial charge in [0, 0.05) is 35.1 Å². The SMILES string of the molecule is O=C1C=C2CC(SCc3ccccc3O)[C@@H]3C[C@@]2(O1)[C@H]1CCCCN31. The Morgan fingerprint density at radius 3 is 3.08 bits per heavy atom. The van der Waals surface area contributed by atoms with Crippen LogP contribution in [0.4, 0.5) is 0 Å². The van der Waals surface area contributed by atoms with Crippen molar-refractivity contribution in [2.24, 2.45) is 0 Å². The number of esters is 1. The normalized spacial score (nSPS) is 36.6. The molecule has 0 aromatic heterocycles. The van der Waals surface area contributed by atoms with Gasteiger partial charge < -0.3 is 9.84 Å². The van der Waals surface area contributed by atoms with Crippen molar-refractivity contribution in [1.29, 1.82) is 0 Å². The Labute approximate surface area is 152 Å². The highest BCUT2D eigenvalue weighted by molar-refractivity contribution is 7.99. The van der Waals surface area contributed by atoms with Crippen molar-refractivity contribution in [2.75, 3.05) is 6.54 Å². The van der Waals surface area contributed by atoms with Crippen LogP contribution < -0.4 is 0 Å². The van der Waals surface area contributed by atoms with Gasteiger partial charge in [-0.25, -0.2) is 4.79 Å². The molecule has 4 nitrogen and oxygen atoms in total. The van der Waals surface area contributed by atoms with Crippen LogP contribution in [0.1, 0.15) is 37.7 Å². The third-order valence-corrected chi connectivity index (χ3v) is 7.82. The lowest BCUT2D eigenvalue weighted by molar-refractivity contribution is -0.148. The first-order valence-electron chi connectivity index (χ1n) is 9.26. The summed E-state index contributed by atoms with van der Waals surface area (Å²) in [6, 6.07) is 8.44. The monoisotopic (exact) mass is 357 g/mol. The number of ether oxygens (including phenoxy) is 1. The fourth-order valence-corrected chi connectivity index (χ4v) is 6.75. The van der Waals surface area contributed by atoms with Gasteiger partial charge in [0.1, 0.15) is 5.75 Å². The molecule has 3 heterocycles. The summed E-state index contributed by atoms with van der Waals surface area (Å²) in [4.78, 5) is 14.7. The van der Waals surface area contributed by atoms with Gasteiger partial charge in [-0.2, -0.15) is 11.8 Å². The second-order valence-electron chi connectivity index (χ2n) is 7.68. The molecule has 25 heavy (non-hydrogen) atoms. The van der Waals surface area contributed by atoms with Gasteiger partial charge in [0.25, 0.3) is 0 Å². The van der Waals surface area contributed by atoms with Crippen molar-refractivity contribution in [3.63, 3.8) is 0 Å². The number of phenolic OH excluding ortho intramolecular Hbond substituents is 1. The van der Waals surface area contributed by atoms with E-state index in [9.17, 15) is 9.90 Å². The van der Waals surface area contributed by atoms with E-state index in [-0.39, 0.29) is 11.6 Å². The lowest BCUT2D eigenvalue weighted by Gasteiger charge is -2.38. The Balaban J connectivity index is 1.42. The van der Waals surface area contributed by atoms with Crippen molar-refractivity contribution in [3.8, 4) is 5.75 Å². The summed E-state index contributed by atoms with van der Waals surface area (Å²) in [5.41, 5.74) is 1.89. The van der Waals surface area contributed by atoms with Crippen molar-refractivity contribution in [2.45, 2.75) is 60.8 Å². The highest BCUT2D eigenvalue weighted by atomic mass is 32.2. The third-order valence-electron chi connectivity index (χ3n) is 6.43. The van der Waals surface area contributed by atoms with Gasteiger partial charge in [0.2, 0.25) is 0 Å². The summed E-state index contributed by atoms with van der Waals surface area (Å²) >= 11 is 1.92. The van der Waals surface area contributed by atoms with Crippen LogP contribution in [0.3, 0.4) is 0 Å². The Kier molecular flexibility index (Phi) is 3.64. The van der Waals surface area contributed by atoms with Gasteiger partial charge in [-0.15, -0.1) is 0 Å². The zero-order valence-corrected chi connectivity index (χ0v) is 15.0. The Morgan fingerprint density at radius 1 is 1.32 bits per heavy atom. The zero-order chi connectivity index (χ0) is 17.0. The smallest absolute Gasteiger partial charge is 0.331 e. The molecule has 1 spiro atoms. The Hall–Kier alpha value is -1.46. The van der Waals surface area contributed by atoms with E-state index in [0.29, 0.717) is 23.1 Å². The highest BCUT2D eigenvalue weighted by Crippen LogP contribution is 2.56. The minimum absolute atomic E-state index is 0.146. The van der Waals surface area contributed by atoms with Crippen LogP contribution in [-0.4, -0.2) is 45.5 Å². The van der Waals surface area contributed by atoms with Gasteiger partial charge in [0.05, 0.1) is 6.04 Å². The first-order valence-corrected chi connectivity index (χ1v) is 10.3. The van der Waals surface area contributed by atoms with Crippen LogP contribution in [0.15, 0.2) is 35.9 Å². The van der Waals surface area contributed by atoms with E-state index in [4.69, 9.17) is 4.74 Å². The maximum absolute atomic E-state index is 12.0. The topological polar surface area (TPSA) is 49.8 Å². The molecule has 1 unspecified atom stereocenters. The lowest BCUT2D eigenvalue weighted by Crippen LogP contribution is -2.48. The van der Waals surface area contributed by atoms with Gasteiger partial charge in [-0.3, -0.25) is 4.90 Å². The fourth-order valence-electron chi connectivity index (χ4n) is 5.34. The second kappa shape index (κ2) is 5.78. The molecule has 0 amide bonds. The number of nitrogens with zero attached hydrogens (tertiary/aromatic N) is 1. The fraction of sp³-hybridized carbons (Fsp3) is 0.550. The van der Waals surface area contributed by atoms with Crippen LogP contribution in [0, 0.1) is 0 Å². The van der Waals surface area contributed by atoms with E-state index < -0.39 is 0 Å². The van der Waals surface area contributed by atoms with Crippen LogP contribution in [0.2, 0.25) is 0 Å². The van der Waals surface area contributed by atoms with Gasteiger partial charge >= 0.3 is 5.97 Å². The molecule has 1 aromatic rings. The van der Waals surface area contributed by atoms with Gasteiger partial charge in [-0.05, 0) is 37.4 Å². The summed E-state index contributed by atoms with van der Waals surface area (Å²) in [6.07, 6.45) is 7.26. The van der Waals surface area contributed by atoms with E-state index in [1.165, 1.54) is 18.4 Å². The number of fused-ring (bicyclic) bond motifs is 3. The van der Waals surface area contributed by atoms with Crippen LogP contribution in [-0.2, 0) is 15.3 Å². The second-order valence-corrected chi connectivity index (χ2v) is 8.91. The predicted octanol–water partition coefficient (Wildman–Crippen LogP) is 3.25. The standard InChI is InChI=1S/C20H23NO3S/c22-16-6-2-1-5-13(16)12-25-17-9-14-10-19(23)24-20(14)11-15(17)21-8-4-3-7-18(20)21/h1-2,5-6,10,15,17-18,22H,3-4,7-9,11-12H2/t15-,17?,18+,20-/m0/s1. The van der Waals surface area contributed by atoms with E-state index in [2.05, 4.69) is 4.90 Å². The van der Waals surface area contributed by atoms with E-state index in [1.807, 2.05) is 30.0 Å². The molecule has 3 fully saturated rings. The van der Waals surface area contributed by atoms with E-state index in [0.717, 1.165) is 37.1 Å². The number of para-hydroxylation sites is 1. The van der Waals surface area contributed by atoms with E-state index >= 15 is 0 Å². The van der Waals surface area contributed by atoms with Crippen LogP contribution in [0.25, 0.3) is 0 Å². The van der Waals surface area contributed by atoms with Crippen molar-refractivity contribution >= 4 is 17.7 Å². The number of rotatable bonds is 3. The summed E-state index contributed by atoms with van der Waals surface area (Å²) in [6.45, 7) is 1.12. The maximum Gasteiger partial charge on any atom is 0.331 e. The molecular formula is C20H23NO3S. The molecule has 132 valence electrons. The molecule has 2 saturated heterocycles. The van der Waals surface area contributed by atoms with Gasteiger partial charge in [0.15, 0.2) is 5.60 Å². The lowest BCUT2D eigenvalue weighted by atomic mass is 9.77. The molecule has 5 heteroatoms. The number of benzene rings is 1. The molecule has 1 aliphatic carbocycles. The number of hydrogen-bond donors (Lipinski definition) is 1. The number of thioether (sulfide) groups is 1. The molecule has 1 N–H and O–H groups in total. The number of hydrogen-bond acceptors (Lipinski definition) is 5. The minimum Gasteiger partial charge on any atom is -0.508 e. The number of phenols is 1. The summed E-state index contributed by atoms with van der Waals surface area (Å²) < 4.78 is 5.92. The summed E-state index contributed by atoms with van der Waals surface area (Å²) in [5.74, 6) is 1.04. The number of carbonyl (C=O) groups is 1. The first kappa shape index (κ1) is 15.8. The predicted molar refractivity (Wildman–Crippen MR) is 97.5 cm³/mol. The Bertz CT molecular complexity index is 748. The largest absolute Gasteiger partial charge is 0.508 e. The molecule has 2 bridgehead atoms. The zero-order valence-electron chi connectivity index (χ0n) is 14.2. The number of carbonyl (C=O) groups excluding carboxylic acids is 1.